The van der Waals surface area contributed by atoms with Gasteiger partial charge in [-0.2, -0.15) is 0 Å². The van der Waals surface area contributed by atoms with Crippen LogP contribution in [-0.2, 0) is 13.0 Å². The lowest BCUT2D eigenvalue weighted by Crippen LogP contribution is -2.08. The molecule has 0 radical (unpaired) electrons. The van der Waals surface area contributed by atoms with Gasteiger partial charge in [0, 0.05) is 12.7 Å². The molecule has 2 N–H and O–H groups in total. The number of rotatable bonds is 6. The van der Waals surface area contributed by atoms with Crippen molar-refractivity contribution in [1.29, 1.82) is 0 Å². The van der Waals surface area contributed by atoms with E-state index in [1.54, 1.807) is 6.33 Å². The van der Waals surface area contributed by atoms with Gasteiger partial charge in [-0.1, -0.05) is 13.0 Å². The maximum Gasteiger partial charge on any atom is 0.146 e. The van der Waals surface area contributed by atoms with E-state index in [0.717, 1.165) is 34.8 Å². The molecule has 106 valence electrons. The highest BCUT2D eigenvalue weighted by atomic mass is 79.9. The Bertz CT molecular complexity index is 573. The molecule has 0 unspecified atom stereocenters. The van der Waals surface area contributed by atoms with Crippen molar-refractivity contribution in [2.75, 3.05) is 17.2 Å². The molecule has 2 aromatic rings. The van der Waals surface area contributed by atoms with Crippen LogP contribution in [-0.4, -0.2) is 21.5 Å². The summed E-state index contributed by atoms with van der Waals surface area (Å²) < 4.78 is 0.843. The molecule has 0 fully saturated rings. The number of pyridine rings is 1. The fourth-order valence-electron chi connectivity index (χ4n) is 1.90. The zero-order valence-corrected chi connectivity index (χ0v) is 13.2. The van der Waals surface area contributed by atoms with E-state index >= 15 is 0 Å². The number of halogens is 1. The molecular weight excluding hydrogens is 318 g/mol. The third-order valence-electron chi connectivity index (χ3n) is 2.92. The van der Waals surface area contributed by atoms with Crippen molar-refractivity contribution in [3.05, 3.63) is 40.4 Å². The van der Waals surface area contributed by atoms with Crippen molar-refractivity contribution in [1.82, 2.24) is 15.0 Å². The minimum absolute atomic E-state index is 0.644. The van der Waals surface area contributed by atoms with Gasteiger partial charge in [0.2, 0.25) is 0 Å². The molecule has 0 amide bonds. The topological polar surface area (TPSA) is 62.7 Å². The van der Waals surface area contributed by atoms with E-state index in [2.05, 4.69) is 54.5 Å². The van der Waals surface area contributed by atoms with Gasteiger partial charge in [-0.25, -0.2) is 9.97 Å². The van der Waals surface area contributed by atoms with E-state index in [4.69, 9.17) is 0 Å². The molecular formula is C14H18BrN5. The largest absolute Gasteiger partial charge is 0.369 e. The second kappa shape index (κ2) is 7.19. The fourth-order valence-corrected chi connectivity index (χ4v) is 2.39. The summed E-state index contributed by atoms with van der Waals surface area (Å²) in [4.78, 5) is 12.9. The molecule has 0 atom stereocenters. The monoisotopic (exact) mass is 335 g/mol. The molecule has 2 heterocycles. The number of nitrogens with one attached hydrogen (secondary N) is 2. The minimum Gasteiger partial charge on any atom is -0.369 e. The van der Waals surface area contributed by atoms with E-state index in [0.29, 0.717) is 6.54 Å². The van der Waals surface area contributed by atoms with E-state index in [1.807, 2.05) is 19.2 Å². The van der Waals surface area contributed by atoms with Crippen LogP contribution in [0.5, 0.6) is 0 Å². The SMILES string of the molecule is CCNc1ncnc(NCc2ncccc2CC)c1Br. The van der Waals surface area contributed by atoms with Crippen LogP contribution < -0.4 is 10.6 Å². The maximum atomic E-state index is 4.42. The summed E-state index contributed by atoms with van der Waals surface area (Å²) >= 11 is 3.52. The van der Waals surface area contributed by atoms with E-state index in [9.17, 15) is 0 Å². The van der Waals surface area contributed by atoms with Gasteiger partial charge in [0.05, 0.1) is 12.2 Å². The number of aromatic nitrogens is 3. The minimum atomic E-state index is 0.644. The van der Waals surface area contributed by atoms with Crippen molar-refractivity contribution < 1.29 is 0 Å². The predicted molar refractivity (Wildman–Crippen MR) is 84.8 cm³/mol. The van der Waals surface area contributed by atoms with Gasteiger partial charge >= 0.3 is 0 Å². The van der Waals surface area contributed by atoms with Crippen LogP contribution in [0, 0.1) is 0 Å². The molecule has 0 aliphatic carbocycles. The lowest BCUT2D eigenvalue weighted by molar-refractivity contribution is 0.958. The first-order chi connectivity index (χ1) is 9.76. The number of anilines is 2. The molecule has 5 nitrogen and oxygen atoms in total. The molecule has 0 bridgehead atoms. The third kappa shape index (κ3) is 3.45. The van der Waals surface area contributed by atoms with Crippen molar-refractivity contribution in [3.8, 4) is 0 Å². The number of hydrogen-bond donors (Lipinski definition) is 2. The Morgan fingerprint density at radius 1 is 1.10 bits per heavy atom. The summed E-state index contributed by atoms with van der Waals surface area (Å²) in [7, 11) is 0. The first-order valence-electron chi connectivity index (χ1n) is 6.67. The highest BCUT2D eigenvalue weighted by Gasteiger charge is 2.08. The molecule has 0 spiro atoms. The second-order valence-electron chi connectivity index (χ2n) is 4.23. The van der Waals surface area contributed by atoms with E-state index in [1.165, 1.54) is 5.56 Å². The van der Waals surface area contributed by atoms with Crippen LogP contribution in [0.25, 0.3) is 0 Å². The van der Waals surface area contributed by atoms with Crippen LogP contribution >= 0.6 is 15.9 Å². The Kier molecular flexibility index (Phi) is 5.29. The van der Waals surface area contributed by atoms with Gasteiger partial charge in [0.15, 0.2) is 0 Å². The zero-order chi connectivity index (χ0) is 14.4. The first kappa shape index (κ1) is 14.7. The smallest absolute Gasteiger partial charge is 0.146 e. The molecule has 6 heteroatoms. The van der Waals surface area contributed by atoms with Crippen LogP contribution in [0.2, 0.25) is 0 Å². The molecule has 2 rings (SSSR count). The lowest BCUT2D eigenvalue weighted by atomic mass is 10.1. The average molecular weight is 336 g/mol. The Morgan fingerprint density at radius 3 is 2.55 bits per heavy atom. The van der Waals surface area contributed by atoms with Gasteiger partial charge in [0.1, 0.15) is 22.4 Å². The summed E-state index contributed by atoms with van der Waals surface area (Å²) in [6, 6.07) is 4.06. The van der Waals surface area contributed by atoms with Crippen LogP contribution in [0.4, 0.5) is 11.6 Å². The molecule has 0 saturated heterocycles. The fraction of sp³-hybridized carbons (Fsp3) is 0.357. The van der Waals surface area contributed by atoms with Crippen LogP contribution in [0.1, 0.15) is 25.1 Å². The average Bonchev–Trinajstić information content (AvgIpc) is 2.48. The second-order valence-corrected chi connectivity index (χ2v) is 5.02. The maximum absolute atomic E-state index is 4.42. The highest BCUT2D eigenvalue weighted by Crippen LogP contribution is 2.26. The quantitative estimate of drug-likeness (QED) is 0.848. The van der Waals surface area contributed by atoms with Crippen molar-refractivity contribution in [2.45, 2.75) is 26.8 Å². The lowest BCUT2D eigenvalue weighted by Gasteiger charge is -2.12. The van der Waals surface area contributed by atoms with Gasteiger partial charge in [-0.05, 0) is 40.9 Å². The van der Waals surface area contributed by atoms with Crippen molar-refractivity contribution in [2.24, 2.45) is 0 Å². The van der Waals surface area contributed by atoms with E-state index < -0.39 is 0 Å². The normalized spacial score (nSPS) is 10.3. The molecule has 2 aromatic heterocycles. The first-order valence-corrected chi connectivity index (χ1v) is 7.46. The van der Waals surface area contributed by atoms with Crippen molar-refractivity contribution >= 4 is 27.6 Å². The Hall–Kier alpha value is -1.69. The Balaban J connectivity index is 2.13. The van der Waals surface area contributed by atoms with Gasteiger partial charge in [-0.15, -0.1) is 0 Å². The third-order valence-corrected chi connectivity index (χ3v) is 3.67. The van der Waals surface area contributed by atoms with Gasteiger partial charge in [-0.3, -0.25) is 4.98 Å². The molecule has 0 aliphatic heterocycles. The number of nitrogens with zero attached hydrogens (tertiary/aromatic N) is 3. The summed E-state index contributed by atoms with van der Waals surface area (Å²) in [5.41, 5.74) is 2.29. The number of hydrogen-bond acceptors (Lipinski definition) is 5. The predicted octanol–water partition coefficient (Wildman–Crippen LogP) is 3.24. The zero-order valence-electron chi connectivity index (χ0n) is 11.7. The van der Waals surface area contributed by atoms with Gasteiger partial charge in [0.25, 0.3) is 0 Å². The summed E-state index contributed by atoms with van der Waals surface area (Å²) in [6.07, 6.45) is 4.33. The van der Waals surface area contributed by atoms with Gasteiger partial charge < -0.3 is 10.6 Å². The van der Waals surface area contributed by atoms with Crippen LogP contribution in [0.15, 0.2) is 29.1 Å². The Labute approximate surface area is 127 Å². The molecule has 20 heavy (non-hydrogen) atoms. The molecule has 0 aliphatic rings. The van der Waals surface area contributed by atoms with E-state index in [-0.39, 0.29) is 0 Å². The summed E-state index contributed by atoms with van der Waals surface area (Å²) in [6.45, 7) is 5.62. The molecule has 0 saturated carbocycles. The molecule has 0 aromatic carbocycles. The van der Waals surface area contributed by atoms with Crippen molar-refractivity contribution in [3.63, 3.8) is 0 Å². The summed E-state index contributed by atoms with van der Waals surface area (Å²) in [5.74, 6) is 1.56. The Morgan fingerprint density at radius 2 is 1.85 bits per heavy atom. The standard InChI is InChI=1S/C14H18BrN5/c1-3-10-6-5-7-17-11(10)8-18-14-12(15)13(16-4-2)19-9-20-14/h5-7,9H,3-4,8H2,1-2H3,(H2,16,18,19,20). The highest BCUT2D eigenvalue weighted by molar-refractivity contribution is 9.10. The van der Waals surface area contributed by atoms with Crippen LogP contribution in [0.3, 0.4) is 0 Å². The summed E-state index contributed by atoms with van der Waals surface area (Å²) in [5, 5.41) is 6.49. The number of aryl methyl sites for hydroxylation is 1.